The molecule has 2 aromatic heterocycles. The molecule has 0 bridgehead atoms. The van der Waals surface area contributed by atoms with Crippen LogP contribution in [0.2, 0.25) is 0 Å². The third-order valence-corrected chi connectivity index (χ3v) is 10.2. The molecule has 1 aliphatic rings. The monoisotopic (exact) mass is 664 g/mol. The number of para-hydroxylation sites is 2. The summed E-state index contributed by atoms with van der Waals surface area (Å²) in [6.07, 6.45) is 0. The molecule has 242 valence electrons. The second kappa shape index (κ2) is 11.2. The molecule has 0 radical (unpaired) electrons. The SMILES string of the molecule is c1ccc(-c2nc(-c3ccc4ccccc4c3)nc(-c3ccc4c5c(cccc35)-c3c(cccc3-n3c5ccccc5c5ccccc53)O4)n2)cc1. The van der Waals surface area contributed by atoms with Gasteiger partial charge in [-0.05, 0) is 64.2 Å². The van der Waals surface area contributed by atoms with E-state index in [0.717, 1.165) is 72.2 Å². The summed E-state index contributed by atoms with van der Waals surface area (Å²) in [5.41, 5.74) is 8.35. The van der Waals surface area contributed by atoms with Gasteiger partial charge in [-0.3, -0.25) is 0 Å². The molecule has 0 atom stereocenters. The lowest BCUT2D eigenvalue weighted by Crippen LogP contribution is -2.04. The van der Waals surface area contributed by atoms with Crippen LogP contribution in [0.15, 0.2) is 170 Å². The fourth-order valence-corrected chi connectivity index (χ4v) is 7.90. The predicted octanol–water partition coefficient (Wildman–Crippen LogP) is 12.0. The molecule has 0 amide bonds. The molecule has 0 saturated heterocycles. The molecule has 0 N–H and O–H groups in total. The Morgan fingerprint density at radius 3 is 1.87 bits per heavy atom. The second-order valence-electron chi connectivity index (χ2n) is 13.2. The van der Waals surface area contributed by atoms with Crippen LogP contribution in [0, 0.1) is 0 Å². The molecule has 11 rings (SSSR count). The predicted molar refractivity (Wildman–Crippen MR) is 211 cm³/mol. The van der Waals surface area contributed by atoms with Crippen LogP contribution in [0.25, 0.3) is 94.3 Å². The topological polar surface area (TPSA) is 52.8 Å². The first-order chi connectivity index (χ1) is 25.8. The molecular formula is C47H28N4O. The number of nitrogens with zero attached hydrogens (tertiary/aromatic N) is 4. The van der Waals surface area contributed by atoms with E-state index < -0.39 is 0 Å². The highest BCUT2D eigenvalue weighted by Gasteiger charge is 2.27. The van der Waals surface area contributed by atoms with Crippen LogP contribution in [0.1, 0.15) is 0 Å². The molecule has 5 nitrogen and oxygen atoms in total. The van der Waals surface area contributed by atoms with Crippen molar-refractivity contribution in [2.24, 2.45) is 0 Å². The molecule has 0 spiro atoms. The number of fused-ring (bicyclic) bond motifs is 6. The van der Waals surface area contributed by atoms with Gasteiger partial charge in [0, 0.05) is 38.4 Å². The molecule has 0 fully saturated rings. The van der Waals surface area contributed by atoms with Gasteiger partial charge in [0.15, 0.2) is 17.5 Å². The van der Waals surface area contributed by atoms with Crippen molar-refractivity contribution in [3.63, 3.8) is 0 Å². The van der Waals surface area contributed by atoms with Gasteiger partial charge in [0.1, 0.15) is 11.5 Å². The van der Waals surface area contributed by atoms with E-state index in [1.54, 1.807) is 0 Å². The fourth-order valence-electron chi connectivity index (χ4n) is 7.90. The number of hydrogen-bond donors (Lipinski definition) is 0. The van der Waals surface area contributed by atoms with E-state index in [2.05, 4.69) is 144 Å². The largest absolute Gasteiger partial charge is 0.456 e. The van der Waals surface area contributed by atoms with Crippen LogP contribution < -0.4 is 4.74 Å². The van der Waals surface area contributed by atoms with Crippen LogP contribution in [-0.4, -0.2) is 19.5 Å². The summed E-state index contributed by atoms with van der Waals surface area (Å²) in [5.74, 6) is 3.52. The van der Waals surface area contributed by atoms with Gasteiger partial charge >= 0.3 is 0 Å². The number of aromatic nitrogens is 4. The number of ether oxygens (including phenoxy) is 1. The zero-order valence-electron chi connectivity index (χ0n) is 27.9. The van der Waals surface area contributed by atoms with Crippen molar-refractivity contribution in [2.75, 3.05) is 0 Å². The van der Waals surface area contributed by atoms with E-state index in [1.807, 2.05) is 30.3 Å². The highest BCUT2D eigenvalue weighted by Crippen LogP contribution is 2.51. The summed E-state index contributed by atoms with van der Waals surface area (Å²) in [4.78, 5) is 15.3. The first-order valence-electron chi connectivity index (χ1n) is 17.5. The third-order valence-electron chi connectivity index (χ3n) is 10.2. The van der Waals surface area contributed by atoms with E-state index in [0.29, 0.717) is 17.5 Å². The Labute approximate surface area is 299 Å². The maximum Gasteiger partial charge on any atom is 0.164 e. The standard InChI is InChI=1S/C47H28N4O/c1-2-13-30(14-3-1)45-48-46(32-25-24-29-12-4-5-15-31(29)28-32)50-47(49-45)36-26-27-42-43-35(36)18-10-19-37(43)44-40(22-11-23-41(44)52-42)51-38-20-8-6-16-33(38)34-17-7-9-21-39(34)51/h1-28H. The van der Waals surface area contributed by atoms with Crippen LogP contribution in [0.5, 0.6) is 11.5 Å². The highest BCUT2D eigenvalue weighted by atomic mass is 16.5. The summed E-state index contributed by atoms with van der Waals surface area (Å²) in [6, 6.07) is 59.1. The van der Waals surface area contributed by atoms with Crippen molar-refractivity contribution in [2.45, 2.75) is 0 Å². The van der Waals surface area contributed by atoms with Gasteiger partial charge in [-0.15, -0.1) is 0 Å². The van der Waals surface area contributed by atoms with Crippen molar-refractivity contribution in [3.8, 4) is 62.5 Å². The Bertz CT molecular complexity index is 3000. The van der Waals surface area contributed by atoms with Crippen molar-refractivity contribution < 1.29 is 4.74 Å². The van der Waals surface area contributed by atoms with E-state index in [-0.39, 0.29) is 0 Å². The van der Waals surface area contributed by atoms with E-state index in [9.17, 15) is 0 Å². The molecule has 0 unspecified atom stereocenters. The number of rotatable bonds is 4. The summed E-state index contributed by atoms with van der Waals surface area (Å²) in [5, 5.41) is 6.81. The first kappa shape index (κ1) is 28.7. The maximum absolute atomic E-state index is 6.76. The molecule has 8 aromatic carbocycles. The van der Waals surface area contributed by atoms with Gasteiger partial charge in [-0.25, -0.2) is 15.0 Å². The maximum atomic E-state index is 6.76. The minimum absolute atomic E-state index is 0.613. The number of hydrogen-bond acceptors (Lipinski definition) is 4. The fraction of sp³-hybridized carbons (Fsp3) is 0. The van der Waals surface area contributed by atoms with Crippen molar-refractivity contribution >= 4 is 43.4 Å². The van der Waals surface area contributed by atoms with Crippen LogP contribution in [-0.2, 0) is 0 Å². The molecule has 10 aromatic rings. The smallest absolute Gasteiger partial charge is 0.164 e. The second-order valence-corrected chi connectivity index (χ2v) is 13.2. The number of benzene rings is 8. The van der Waals surface area contributed by atoms with Gasteiger partial charge in [0.05, 0.1) is 16.7 Å². The average molecular weight is 665 g/mol. The molecule has 5 heteroatoms. The normalized spacial score (nSPS) is 12.0. The van der Waals surface area contributed by atoms with Crippen molar-refractivity contribution in [1.29, 1.82) is 0 Å². The summed E-state index contributed by atoms with van der Waals surface area (Å²) in [7, 11) is 0. The molecule has 0 saturated carbocycles. The van der Waals surface area contributed by atoms with Gasteiger partial charge in [-0.2, -0.15) is 0 Å². The van der Waals surface area contributed by atoms with Crippen molar-refractivity contribution in [3.05, 3.63) is 170 Å². The molecule has 0 aliphatic carbocycles. The molecule has 3 heterocycles. The zero-order chi connectivity index (χ0) is 34.2. The van der Waals surface area contributed by atoms with Gasteiger partial charge in [-0.1, -0.05) is 127 Å². The lowest BCUT2D eigenvalue weighted by Gasteiger charge is -2.25. The Balaban J connectivity index is 1.15. The average Bonchev–Trinajstić information content (AvgIpc) is 3.55. The summed E-state index contributed by atoms with van der Waals surface area (Å²) < 4.78 is 9.13. The minimum atomic E-state index is 0.613. The molecule has 1 aliphatic heterocycles. The quantitative estimate of drug-likeness (QED) is 0.188. The lowest BCUT2D eigenvalue weighted by molar-refractivity contribution is 0.487. The van der Waals surface area contributed by atoms with Gasteiger partial charge in [0.2, 0.25) is 0 Å². The molecule has 52 heavy (non-hydrogen) atoms. The van der Waals surface area contributed by atoms with Crippen LogP contribution in [0.3, 0.4) is 0 Å². The lowest BCUT2D eigenvalue weighted by atomic mass is 9.91. The Kier molecular flexibility index (Phi) is 6.18. The Morgan fingerprint density at radius 1 is 0.404 bits per heavy atom. The summed E-state index contributed by atoms with van der Waals surface area (Å²) in [6.45, 7) is 0. The van der Waals surface area contributed by atoms with E-state index >= 15 is 0 Å². The Morgan fingerprint density at radius 2 is 1.06 bits per heavy atom. The summed E-state index contributed by atoms with van der Waals surface area (Å²) >= 11 is 0. The van der Waals surface area contributed by atoms with Crippen molar-refractivity contribution in [1.82, 2.24) is 19.5 Å². The van der Waals surface area contributed by atoms with Crippen LogP contribution in [0.4, 0.5) is 0 Å². The highest BCUT2D eigenvalue weighted by molar-refractivity contribution is 6.13. The van der Waals surface area contributed by atoms with Gasteiger partial charge < -0.3 is 9.30 Å². The zero-order valence-corrected chi connectivity index (χ0v) is 27.9. The van der Waals surface area contributed by atoms with Gasteiger partial charge in [0.25, 0.3) is 0 Å². The van der Waals surface area contributed by atoms with E-state index in [4.69, 9.17) is 19.7 Å². The first-order valence-corrected chi connectivity index (χ1v) is 17.5. The van der Waals surface area contributed by atoms with Crippen LogP contribution >= 0.6 is 0 Å². The third kappa shape index (κ3) is 4.33. The van der Waals surface area contributed by atoms with E-state index in [1.165, 1.54) is 16.2 Å². The molecular weight excluding hydrogens is 637 g/mol. The minimum Gasteiger partial charge on any atom is -0.456 e. The Hall–Kier alpha value is -7.11.